The molecular formula is C18H14BrClN2O2S. The van der Waals surface area contributed by atoms with Gasteiger partial charge in [-0.05, 0) is 34.1 Å². The van der Waals surface area contributed by atoms with Crippen molar-refractivity contribution in [1.82, 2.24) is 4.90 Å². The van der Waals surface area contributed by atoms with Crippen LogP contribution in [0.5, 0.6) is 0 Å². The molecule has 0 aliphatic heterocycles. The molecule has 1 N–H and O–H groups in total. The number of amides is 2. The van der Waals surface area contributed by atoms with Crippen molar-refractivity contribution in [2.24, 2.45) is 0 Å². The van der Waals surface area contributed by atoms with E-state index in [1.165, 1.54) is 16.2 Å². The molecule has 0 atom stereocenters. The Morgan fingerprint density at radius 2 is 1.84 bits per heavy atom. The molecule has 0 aliphatic carbocycles. The molecule has 0 radical (unpaired) electrons. The van der Waals surface area contributed by atoms with E-state index in [9.17, 15) is 9.59 Å². The number of carbonyl (C=O) groups excluding carboxylic acids is 2. The van der Waals surface area contributed by atoms with E-state index in [1.54, 1.807) is 13.1 Å². The van der Waals surface area contributed by atoms with Crippen LogP contribution in [0.25, 0.3) is 10.1 Å². The Bertz CT molecular complexity index is 957. The normalized spacial score (nSPS) is 10.7. The van der Waals surface area contributed by atoms with Gasteiger partial charge in [0.1, 0.15) is 4.88 Å². The van der Waals surface area contributed by atoms with E-state index < -0.39 is 0 Å². The standard InChI is InChI=1S/C18H14BrClN2O2S/c1-22(10-15(23)21-13-8-4-3-7-12(13)19)18(24)17-16(20)11-6-2-5-9-14(11)25-17/h2-9H,10H2,1H3,(H,21,23). The third-order valence-electron chi connectivity index (χ3n) is 3.60. The molecule has 0 bridgehead atoms. The van der Waals surface area contributed by atoms with Crippen LogP contribution in [0.3, 0.4) is 0 Å². The number of fused-ring (bicyclic) bond motifs is 1. The first-order valence-corrected chi connectivity index (χ1v) is 9.43. The van der Waals surface area contributed by atoms with Gasteiger partial charge in [0.25, 0.3) is 5.91 Å². The molecule has 25 heavy (non-hydrogen) atoms. The first kappa shape index (κ1) is 17.9. The number of para-hydroxylation sites is 1. The van der Waals surface area contributed by atoms with Crippen LogP contribution in [0, 0.1) is 0 Å². The van der Waals surface area contributed by atoms with Crippen LogP contribution >= 0.6 is 38.9 Å². The second-order valence-electron chi connectivity index (χ2n) is 5.43. The molecule has 128 valence electrons. The van der Waals surface area contributed by atoms with Crippen LogP contribution < -0.4 is 5.32 Å². The second-order valence-corrected chi connectivity index (χ2v) is 7.72. The van der Waals surface area contributed by atoms with E-state index in [4.69, 9.17) is 11.6 Å². The predicted molar refractivity (Wildman–Crippen MR) is 107 cm³/mol. The average Bonchev–Trinajstić information content (AvgIpc) is 2.93. The number of nitrogens with one attached hydrogen (secondary N) is 1. The van der Waals surface area contributed by atoms with E-state index in [-0.39, 0.29) is 18.4 Å². The van der Waals surface area contributed by atoms with E-state index in [1.807, 2.05) is 42.5 Å². The number of nitrogens with zero attached hydrogens (tertiary/aromatic N) is 1. The van der Waals surface area contributed by atoms with Crippen molar-refractivity contribution in [3.8, 4) is 0 Å². The molecule has 2 aromatic carbocycles. The zero-order chi connectivity index (χ0) is 18.0. The topological polar surface area (TPSA) is 49.4 Å². The lowest BCUT2D eigenvalue weighted by molar-refractivity contribution is -0.116. The van der Waals surface area contributed by atoms with Crippen molar-refractivity contribution >= 4 is 66.5 Å². The van der Waals surface area contributed by atoms with Gasteiger partial charge in [-0.1, -0.05) is 41.9 Å². The number of hydrogen-bond acceptors (Lipinski definition) is 3. The number of thiophene rings is 1. The summed E-state index contributed by atoms with van der Waals surface area (Å²) in [4.78, 5) is 26.7. The van der Waals surface area contributed by atoms with E-state index in [0.717, 1.165) is 14.6 Å². The third-order valence-corrected chi connectivity index (χ3v) is 5.96. The van der Waals surface area contributed by atoms with Gasteiger partial charge in [-0.25, -0.2) is 0 Å². The molecular weight excluding hydrogens is 424 g/mol. The Morgan fingerprint density at radius 3 is 2.56 bits per heavy atom. The summed E-state index contributed by atoms with van der Waals surface area (Å²) in [5, 5.41) is 4.06. The van der Waals surface area contributed by atoms with Crippen LogP contribution in [-0.2, 0) is 4.79 Å². The molecule has 0 saturated heterocycles. The molecule has 4 nitrogen and oxygen atoms in total. The zero-order valence-corrected chi connectivity index (χ0v) is 16.4. The maximum atomic E-state index is 12.7. The van der Waals surface area contributed by atoms with Crippen molar-refractivity contribution in [1.29, 1.82) is 0 Å². The van der Waals surface area contributed by atoms with Gasteiger partial charge >= 0.3 is 0 Å². The molecule has 2 amide bonds. The monoisotopic (exact) mass is 436 g/mol. The van der Waals surface area contributed by atoms with Gasteiger partial charge in [0.15, 0.2) is 0 Å². The van der Waals surface area contributed by atoms with Gasteiger partial charge in [-0.3, -0.25) is 9.59 Å². The SMILES string of the molecule is CN(CC(=O)Nc1ccccc1Br)C(=O)c1sc2ccccc2c1Cl. The van der Waals surface area contributed by atoms with Gasteiger partial charge < -0.3 is 10.2 Å². The third kappa shape index (κ3) is 3.86. The van der Waals surface area contributed by atoms with E-state index >= 15 is 0 Å². The molecule has 0 saturated carbocycles. The van der Waals surface area contributed by atoms with Crippen molar-refractivity contribution in [2.45, 2.75) is 0 Å². The minimum atomic E-state index is -0.278. The van der Waals surface area contributed by atoms with Gasteiger partial charge in [0.05, 0.1) is 17.3 Å². The van der Waals surface area contributed by atoms with Gasteiger partial charge in [-0.2, -0.15) is 0 Å². The first-order valence-electron chi connectivity index (χ1n) is 7.44. The largest absolute Gasteiger partial charge is 0.332 e. The fourth-order valence-electron chi connectivity index (χ4n) is 2.36. The summed E-state index contributed by atoms with van der Waals surface area (Å²) in [5.41, 5.74) is 0.660. The molecule has 0 spiro atoms. The van der Waals surface area contributed by atoms with Crippen LogP contribution in [-0.4, -0.2) is 30.3 Å². The number of hydrogen-bond donors (Lipinski definition) is 1. The minimum absolute atomic E-state index is 0.0647. The minimum Gasteiger partial charge on any atom is -0.332 e. The molecule has 0 aliphatic rings. The number of halogens is 2. The molecule has 3 aromatic rings. The molecule has 1 aromatic heterocycles. The summed E-state index contributed by atoms with van der Waals surface area (Å²) in [6.45, 7) is -0.0647. The first-order chi connectivity index (χ1) is 12.0. The number of carbonyl (C=O) groups is 2. The summed E-state index contributed by atoms with van der Waals surface area (Å²) >= 11 is 11.0. The fraction of sp³-hybridized carbons (Fsp3) is 0.111. The smallest absolute Gasteiger partial charge is 0.265 e. The molecule has 0 fully saturated rings. The van der Waals surface area contributed by atoms with Gasteiger partial charge in [0, 0.05) is 21.6 Å². The lowest BCUT2D eigenvalue weighted by Crippen LogP contribution is -2.34. The highest BCUT2D eigenvalue weighted by Gasteiger charge is 2.21. The molecule has 3 rings (SSSR count). The number of likely N-dealkylation sites (N-methyl/N-ethyl adjacent to an activating group) is 1. The van der Waals surface area contributed by atoms with Crippen LogP contribution in [0.1, 0.15) is 9.67 Å². The summed E-state index contributed by atoms with van der Waals surface area (Å²) in [6, 6.07) is 14.9. The highest BCUT2D eigenvalue weighted by atomic mass is 79.9. The van der Waals surface area contributed by atoms with Crippen molar-refractivity contribution in [2.75, 3.05) is 18.9 Å². The lowest BCUT2D eigenvalue weighted by atomic mass is 10.2. The quantitative estimate of drug-likeness (QED) is 0.622. The molecule has 0 unspecified atom stereocenters. The molecule has 7 heteroatoms. The van der Waals surface area contributed by atoms with E-state index in [0.29, 0.717) is 15.6 Å². The Kier molecular flexibility index (Phi) is 5.42. The fourth-order valence-corrected chi connectivity index (χ4v) is 4.26. The van der Waals surface area contributed by atoms with Crippen LogP contribution in [0.4, 0.5) is 5.69 Å². The maximum Gasteiger partial charge on any atom is 0.265 e. The van der Waals surface area contributed by atoms with Gasteiger partial charge in [0.2, 0.25) is 5.91 Å². The van der Waals surface area contributed by atoms with Crippen molar-refractivity contribution in [3.63, 3.8) is 0 Å². The number of rotatable bonds is 4. The highest BCUT2D eigenvalue weighted by molar-refractivity contribution is 9.10. The number of anilines is 1. The molecule has 1 heterocycles. The summed E-state index contributed by atoms with van der Waals surface area (Å²) in [6.07, 6.45) is 0. The predicted octanol–water partition coefficient (Wildman–Crippen LogP) is 5.03. The Morgan fingerprint density at radius 1 is 1.16 bits per heavy atom. The Hall–Kier alpha value is -1.89. The summed E-state index contributed by atoms with van der Waals surface area (Å²) in [7, 11) is 1.59. The van der Waals surface area contributed by atoms with Crippen molar-refractivity contribution in [3.05, 3.63) is 62.9 Å². The maximum absolute atomic E-state index is 12.7. The van der Waals surface area contributed by atoms with Crippen molar-refractivity contribution < 1.29 is 9.59 Å². The summed E-state index contributed by atoms with van der Waals surface area (Å²) in [5.74, 6) is -0.548. The van der Waals surface area contributed by atoms with E-state index in [2.05, 4.69) is 21.2 Å². The average molecular weight is 438 g/mol. The number of benzene rings is 2. The van der Waals surface area contributed by atoms with Crippen LogP contribution in [0.15, 0.2) is 53.0 Å². The summed E-state index contributed by atoms with van der Waals surface area (Å²) < 4.78 is 1.73. The lowest BCUT2D eigenvalue weighted by Gasteiger charge is -2.16. The van der Waals surface area contributed by atoms with Gasteiger partial charge in [-0.15, -0.1) is 11.3 Å². The Labute approximate surface area is 162 Å². The highest BCUT2D eigenvalue weighted by Crippen LogP contribution is 2.35. The Balaban J connectivity index is 1.72. The zero-order valence-electron chi connectivity index (χ0n) is 13.3. The second kappa shape index (κ2) is 7.56. The van der Waals surface area contributed by atoms with Crippen LogP contribution in [0.2, 0.25) is 5.02 Å².